The molecule has 0 radical (unpaired) electrons. The fraction of sp³-hybridized carbons (Fsp3) is 0.911. The number of unbranched alkanes of at least 4 members (excludes halogenated alkanes) is 44. The van der Waals surface area contributed by atoms with E-state index >= 15 is 0 Å². The zero-order valence-electron chi connectivity index (χ0n) is 61.5. The number of carbonyl (C=O) groups excluding carboxylic acids is 1. The third-order valence-electron chi connectivity index (χ3n) is 20.2. The molecule has 19 heteroatoms. The van der Waals surface area contributed by atoms with E-state index < -0.39 is 124 Å². The van der Waals surface area contributed by atoms with Crippen LogP contribution in [0.4, 0.5) is 0 Å². The number of aliphatic hydroxyl groups excluding tert-OH is 11. The Morgan fingerprint density at radius 2 is 0.653 bits per heavy atom. The van der Waals surface area contributed by atoms with Crippen molar-refractivity contribution in [3.05, 3.63) is 36.5 Å². The van der Waals surface area contributed by atoms with Crippen molar-refractivity contribution in [2.24, 2.45) is 0 Å². The molecule has 0 aromatic carbocycles. The van der Waals surface area contributed by atoms with Crippen LogP contribution in [0.2, 0.25) is 0 Å². The number of amides is 1. The van der Waals surface area contributed by atoms with Crippen LogP contribution < -0.4 is 5.32 Å². The number of ether oxygens (including phenoxy) is 6. The van der Waals surface area contributed by atoms with Crippen LogP contribution in [0.25, 0.3) is 0 Å². The predicted molar refractivity (Wildman–Crippen MR) is 388 cm³/mol. The highest BCUT2D eigenvalue weighted by Gasteiger charge is 2.54. The van der Waals surface area contributed by atoms with Crippen molar-refractivity contribution in [3.63, 3.8) is 0 Å². The number of carbonyl (C=O) groups is 1. The summed E-state index contributed by atoms with van der Waals surface area (Å²) in [6, 6.07) is -0.991. The average molecular weight is 1400 g/mol. The van der Waals surface area contributed by atoms with Gasteiger partial charge in [-0.2, -0.15) is 0 Å². The molecule has 0 saturated carbocycles. The molecule has 0 spiro atoms. The first-order valence-corrected chi connectivity index (χ1v) is 40.2. The van der Waals surface area contributed by atoms with E-state index in [0.29, 0.717) is 12.8 Å². The molecule has 0 aromatic rings. The topological polar surface area (TPSA) is 307 Å². The van der Waals surface area contributed by atoms with Gasteiger partial charge in [0.25, 0.3) is 0 Å². The van der Waals surface area contributed by atoms with Gasteiger partial charge in [0.1, 0.15) is 73.2 Å². The lowest BCUT2D eigenvalue weighted by molar-refractivity contribution is -0.379. The predicted octanol–water partition coefficient (Wildman–Crippen LogP) is 13.1. The minimum Gasteiger partial charge on any atom is -0.394 e. The Kier molecular flexibility index (Phi) is 55.5. The zero-order chi connectivity index (χ0) is 71.1. The lowest BCUT2D eigenvalue weighted by Crippen LogP contribution is -2.66. The van der Waals surface area contributed by atoms with Gasteiger partial charge >= 0.3 is 0 Å². The Morgan fingerprint density at radius 3 is 1.02 bits per heavy atom. The van der Waals surface area contributed by atoms with Gasteiger partial charge in [-0.1, -0.05) is 301 Å². The third-order valence-corrected chi connectivity index (χ3v) is 20.2. The van der Waals surface area contributed by atoms with Crippen LogP contribution in [0.3, 0.4) is 0 Å². The first kappa shape index (κ1) is 90.2. The number of hydrogen-bond acceptors (Lipinski definition) is 18. The molecule has 3 saturated heterocycles. The summed E-state index contributed by atoms with van der Waals surface area (Å²) in [5, 5.41) is 121. The first-order valence-electron chi connectivity index (χ1n) is 40.2. The number of nitrogens with one attached hydrogen (secondary N) is 1. The van der Waals surface area contributed by atoms with Gasteiger partial charge in [0.2, 0.25) is 5.91 Å². The lowest BCUT2D eigenvalue weighted by atomic mass is 9.96. The normalized spacial score (nSPS) is 26.9. The van der Waals surface area contributed by atoms with Gasteiger partial charge in [-0.05, 0) is 57.8 Å². The van der Waals surface area contributed by atoms with E-state index in [4.69, 9.17) is 28.4 Å². The molecular formula is C79H147NO18. The smallest absolute Gasteiger partial charge is 0.220 e. The van der Waals surface area contributed by atoms with E-state index in [1.807, 2.05) is 6.08 Å². The standard InChI is InChI=1S/C79H147NO18/c1-3-5-7-9-11-13-15-17-19-21-23-25-27-28-29-30-31-32-33-35-36-38-40-42-44-46-48-50-52-54-56-63(84)62(80-67(85)57-55-53-51-49-47-45-43-41-39-37-34-26-24-22-20-18-16-14-12-10-8-6-4-2)61-93-77-73(91)70(88)75(65(59-82)95-77)98-79-74(92)71(89)76(66(60-83)96-79)97-78-72(90)69(87)68(86)64(58-81)94-78/h22,24,46,48,54,56,62-66,68-79,81-84,86-92H,3-21,23,25-45,47,49-53,55,57-61H2,1-2H3,(H,80,85)/b24-22-,48-46+,56-54+. The van der Waals surface area contributed by atoms with E-state index in [-0.39, 0.29) is 18.9 Å². The molecule has 0 aliphatic carbocycles. The molecular weight excluding hydrogens is 1250 g/mol. The van der Waals surface area contributed by atoms with Crippen LogP contribution in [-0.2, 0) is 33.2 Å². The maximum Gasteiger partial charge on any atom is 0.220 e. The van der Waals surface area contributed by atoms with E-state index in [2.05, 4.69) is 43.5 Å². The highest BCUT2D eigenvalue weighted by Crippen LogP contribution is 2.33. The van der Waals surface area contributed by atoms with Crippen LogP contribution in [0, 0.1) is 0 Å². The fourth-order valence-corrected chi connectivity index (χ4v) is 13.7. The molecule has 0 bridgehead atoms. The van der Waals surface area contributed by atoms with Crippen LogP contribution >= 0.6 is 0 Å². The number of hydrogen-bond donors (Lipinski definition) is 12. The van der Waals surface area contributed by atoms with Crippen molar-refractivity contribution in [2.75, 3.05) is 26.4 Å². The Labute approximate surface area is 593 Å². The summed E-state index contributed by atoms with van der Waals surface area (Å²) < 4.78 is 34.4. The molecule has 98 heavy (non-hydrogen) atoms. The molecule has 12 N–H and O–H groups in total. The van der Waals surface area contributed by atoms with Crippen LogP contribution in [0.1, 0.15) is 328 Å². The molecule has 3 fully saturated rings. The van der Waals surface area contributed by atoms with Crippen LogP contribution in [-0.4, -0.2) is 193 Å². The Balaban J connectivity index is 1.39. The summed E-state index contributed by atoms with van der Waals surface area (Å²) in [5.74, 6) is -0.282. The molecule has 3 heterocycles. The highest BCUT2D eigenvalue weighted by atomic mass is 16.8. The molecule has 0 aromatic heterocycles. The minimum absolute atomic E-state index is 0.236. The van der Waals surface area contributed by atoms with E-state index in [9.17, 15) is 61.0 Å². The number of allylic oxidation sites excluding steroid dienone is 5. The second-order valence-corrected chi connectivity index (χ2v) is 28.9. The van der Waals surface area contributed by atoms with Gasteiger partial charge in [0, 0.05) is 6.42 Å². The van der Waals surface area contributed by atoms with Gasteiger partial charge in [-0.25, -0.2) is 0 Å². The average Bonchev–Trinajstić information content (AvgIpc) is 0.785. The second kappa shape index (κ2) is 60.3. The molecule has 3 aliphatic rings. The van der Waals surface area contributed by atoms with Gasteiger partial charge < -0.3 is 89.9 Å². The molecule has 17 atom stereocenters. The van der Waals surface area contributed by atoms with Crippen molar-refractivity contribution in [3.8, 4) is 0 Å². The van der Waals surface area contributed by atoms with Crippen LogP contribution in [0.5, 0.6) is 0 Å². The summed E-state index contributed by atoms with van der Waals surface area (Å²) in [6.07, 6.45) is 47.1. The summed E-state index contributed by atoms with van der Waals surface area (Å²) in [6.45, 7) is 1.76. The minimum atomic E-state index is -1.98. The Bertz CT molecular complexity index is 1910. The summed E-state index contributed by atoms with van der Waals surface area (Å²) in [4.78, 5) is 13.5. The van der Waals surface area contributed by atoms with Crippen molar-refractivity contribution in [1.82, 2.24) is 5.32 Å². The maximum absolute atomic E-state index is 13.5. The third kappa shape index (κ3) is 40.3. The van der Waals surface area contributed by atoms with Gasteiger partial charge in [-0.15, -0.1) is 0 Å². The summed E-state index contributed by atoms with van der Waals surface area (Å²) in [7, 11) is 0. The van der Waals surface area contributed by atoms with Crippen molar-refractivity contribution < 1.29 is 89.4 Å². The van der Waals surface area contributed by atoms with Gasteiger partial charge in [0.05, 0.1) is 38.6 Å². The molecule has 3 aliphatic heterocycles. The molecule has 17 unspecified atom stereocenters. The Hall–Kier alpha value is -1.99. The van der Waals surface area contributed by atoms with E-state index in [1.165, 1.54) is 257 Å². The lowest BCUT2D eigenvalue weighted by Gasteiger charge is -2.48. The largest absolute Gasteiger partial charge is 0.394 e. The monoisotopic (exact) mass is 1400 g/mol. The molecule has 576 valence electrons. The van der Waals surface area contributed by atoms with Crippen molar-refractivity contribution in [2.45, 2.75) is 433 Å². The van der Waals surface area contributed by atoms with Crippen molar-refractivity contribution >= 4 is 5.91 Å². The summed E-state index contributed by atoms with van der Waals surface area (Å²) >= 11 is 0. The molecule has 3 rings (SSSR count). The van der Waals surface area contributed by atoms with Gasteiger partial charge in [-0.3, -0.25) is 4.79 Å². The SMILES string of the molecule is CCCCCCCCCC/C=C\CCCCCCCCCCCCCC(=O)NC(COC1OC(CO)C(OC2OC(CO)C(OC3OC(CO)C(O)C(O)C3O)C(O)C2O)C(O)C1O)C(O)/C=C/CC/C=C/CCCCCCCCCCCCCCCCCCCCCCCCCC. The van der Waals surface area contributed by atoms with E-state index in [0.717, 1.165) is 38.5 Å². The van der Waals surface area contributed by atoms with Crippen LogP contribution in [0.15, 0.2) is 36.5 Å². The number of rotatable bonds is 64. The highest BCUT2D eigenvalue weighted by molar-refractivity contribution is 5.76. The quantitative estimate of drug-likeness (QED) is 0.0199. The maximum atomic E-state index is 13.5. The van der Waals surface area contributed by atoms with Gasteiger partial charge in [0.15, 0.2) is 18.9 Å². The molecule has 19 nitrogen and oxygen atoms in total. The Morgan fingerprint density at radius 1 is 0.357 bits per heavy atom. The molecule has 1 amide bonds. The fourth-order valence-electron chi connectivity index (χ4n) is 13.7. The number of aliphatic hydroxyl groups is 11. The second-order valence-electron chi connectivity index (χ2n) is 28.9. The van der Waals surface area contributed by atoms with E-state index in [1.54, 1.807) is 6.08 Å². The zero-order valence-corrected chi connectivity index (χ0v) is 61.5. The first-order chi connectivity index (χ1) is 47.8. The summed E-state index contributed by atoms with van der Waals surface area (Å²) in [5.41, 5.74) is 0. The van der Waals surface area contributed by atoms with Crippen molar-refractivity contribution in [1.29, 1.82) is 0 Å².